The monoisotopic (exact) mass is 346 g/mol. The Kier molecular flexibility index (Phi) is 6.68. The van der Waals surface area contributed by atoms with E-state index in [1.165, 1.54) is 12.8 Å². The molecule has 21 heavy (non-hydrogen) atoms. The molecule has 2 atom stereocenters. The van der Waals surface area contributed by atoms with Crippen molar-refractivity contribution in [3.63, 3.8) is 0 Å². The van der Waals surface area contributed by atoms with Crippen LogP contribution in [0.25, 0.3) is 0 Å². The molecule has 1 aliphatic rings. The van der Waals surface area contributed by atoms with E-state index in [0.717, 1.165) is 12.8 Å². The highest BCUT2D eigenvalue weighted by molar-refractivity contribution is 7.99. The van der Waals surface area contributed by atoms with Gasteiger partial charge in [0.15, 0.2) is 0 Å². The van der Waals surface area contributed by atoms with E-state index in [0.29, 0.717) is 27.0 Å². The molecule has 0 heterocycles. The Morgan fingerprint density at radius 3 is 2.71 bits per heavy atom. The van der Waals surface area contributed by atoms with Gasteiger partial charge in [-0.05, 0) is 37.7 Å². The highest BCUT2D eigenvalue weighted by Gasteiger charge is 2.21. The van der Waals surface area contributed by atoms with Crippen molar-refractivity contribution >= 4 is 46.6 Å². The lowest BCUT2D eigenvalue weighted by Crippen LogP contribution is -2.39. The van der Waals surface area contributed by atoms with E-state index in [-0.39, 0.29) is 12.5 Å². The first-order valence-corrected chi connectivity index (χ1v) is 9.14. The number of hydrogen-bond acceptors (Lipinski definition) is 3. The van der Waals surface area contributed by atoms with Gasteiger partial charge in [0.2, 0.25) is 5.91 Å². The van der Waals surface area contributed by atoms with E-state index in [1.807, 2.05) is 11.8 Å². The summed E-state index contributed by atoms with van der Waals surface area (Å²) in [6.45, 7) is 0.285. The van der Waals surface area contributed by atoms with Crippen LogP contribution in [0.15, 0.2) is 18.2 Å². The minimum absolute atomic E-state index is 0.115. The van der Waals surface area contributed by atoms with Gasteiger partial charge in [0.05, 0.1) is 22.3 Å². The van der Waals surface area contributed by atoms with Gasteiger partial charge in [-0.3, -0.25) is 4.79 Å². The molecule has 1 aromatic carbocycles. The van der Waals surface area contributed by atoms with E-state index < -0.39 is 0 Å². The number of hydrogen-bond donors (Lipinski definition) is 2. The smallest absolute Gasteiger partial charge is 0.238 e. The molecular weight excluding hydrogens is 327 g/mol. The molecule has 0 radical (unpaired) electrons. The molecule has 1 fully saturated rings. The van der Waals surface area contributed by atoms with Crippen molar-refractivity contribution in [1.29, 1.82) is 0 Å². The summed E-state index contributed by atoms with van der Waals surface area (Å²) in [5.41, 5.74) is 0.485. The van der Waals surface area contributed by atoms with Crippen LogP contribution in [0.1, 0.15) is 25.7 Å². The predicted octanol–water partition coefficient (Wildman–Crippen LogP) is 4.20. The van der Waals surface area contributed by atoms with Gasteiger partial charge in [0, 0.05) is 11.3 Å². The van der Waals surface area contributed by atoms with E-state index in [9.17, 15) is 4.79 Å². The highest BCUT2D eigenvalue weighted by atomic mass is 35.5. The SMILES string of the molecule is CSC1CCCC(NCC(=O)Nc2c(Cl)cccc2Cl)C1. The zero-order valence-corrected chi connectivity index (χ0v) is 14.3. The van der Waals surface area contributed by atoms with Crippen LogP contribution in [-0.2, 0) is 4.79 Å². The second-order valence-electron chi connectivity index (χ2n) is 5.25. The summed E-state index contributed by atoms with van der Waals surface area (Å²) in [7, 11) is 0. The lowest BCUT2D eigenvalue weighted by atomic mass is 9.95. The molecule has 0 spiro atoms. The third-order valence-corrected chi connectivity index (χ3v) is 5.46. The minimum Gasteiger partial charge on any atom is -0.322 e. The fraction of sp³-hybridized carbons (Fsp3) is 0.533. The molecule has 1 aromatic rings. The number of nitrogens with one attached hydrogen (secondary N) is 2. The Bertz CT molecular complexity index is 478. The molecule has 2 unspecified atom stereocenters. The van der Waals surface area contributed by atoms with Crippen molar-refractivity contribution in [2.45, 2.75) is 37.0 Å². The van der Waals surface area contributed by atoms with Gasteiger partial charge in [0.1, 0.15) is 0 Å². The van der Waals surface area contributed by atoms with Gasteiger partial charge < -0.3 is 10.6 Å². The molecule has 2 rings (SSSR count). The number of thioether (sulfide) groups is 1. The molecule has 0 aliphatic heterocycles. The molecule has 1 amide bonds. The average molecular weight is 347 g/mol. The van der Waals surface area contributed by atoms with Crippen LogP contribution in [0.5, 0.6) is 0 Å². The van der Waals surface area contributed by atoms with Gasteiger partial charge in [-0.1, -0.05) is 35.7 Å². The molecule has 6 heteroatoms. The van der Waals surface area contributed by atoms with E-state index in [4.69, 9.17) is 23.2 Å². The van der Waals surface area contributed by atoms with Crippen LogP contribution in [0.2, 0.25) is 10.0 Å². The molecule has 116 valence electrons. The number of anilines is 1. The van der Waals surface area contributed by atoms with Crippen molar-refractivity contribution in [2.24, 2.45) is 0 Å². The molecule has 2 N–H and O–H groups in total. The van der Waals surface area contributed by atoms with Gasteiger partial charge >= 0.3 is 0 Å². The molecule has 3 nitrogen and oxygen atoms in total. The summed E-state index contributed by atoms with van der Waals surface area (Å²) in [5.74, 6) is -0.115. The maximum absolute atomic E-state index is 12.0. The number of carbonyl (C=O) groups excluding carboxylic acids is 1. The van der Waals surface area contributed by atoms with Crippen molar-refractivity contribution < 1.29 is 4.79 Å². The van der Waals surface area contributed by atoms with E-state index >= 15 is 0 Å². The van der Waals surface area contributed by atoms with Gasteiger partial charge in [-0.25, -0.2) is 0 Å². The molecule has 0 saturated heterocycles. The highest BCUT2D eigenvalue weighted by Crippen LogP contribution is 2.30. The maximum Gasteiger partial charge on any atom is 0.238 e. The third-order valence-electron chi connectivity index (χ3n) is 3.74. The van der Waals surface area contributed by atoms with Gasteiger partial charge in [0.25, 0.3) is 0 Å². The normalized spacial score (nSPS) is 22.0. The summed E-state index contributed by atoms with van der Waals surface area (Å²) < 4.78 is 0. The largest absolute Gasteiger partial charge is 0.322 e. The summed E-state index contributed by atoms with van der Waals surface area (Å²) in [6.07, 6.45) is 6.92. The average Bonchev–Trinajstić information content (AvgIpc) is 2.49. The molecule has 0 aromatic heterocycles. The topological polar surface area (TPSA) is 41.1 Å². The van der Waals surface area contributed by atoms with Crippen LogP contribution >= 0.6 is 35.0 Å². The fourth-order valence-electron chi connectivity index (χ4n) is 2.58. The van der Waals surface area contributed by atoms with Crippen molar-refractivity contribution in [3.05, 3.63) is 28.2 Å². The molecule has 1 aliphatic carbocycles. The molecular formula is C15H20Cl2N2OS. The first-order valence-electron chi connectivity index (χ1n) is 7.10. The number of benzene rings is 1. The zero-order valence-electron chi connectivity index (χ0n) is 12.0. The van der Waals surface area contributed by atoms with E-state index in [1.54, 1.807) is 18.2 Å². The Hall–Kier alpha value is -0.420. The van der Waals surface area contributed by atoms with Crippen LogP contribution in [0.4, 0.5) is 5.69 Å². The number of rotatable bonds is 5. The Morgan fingerprint density at radius 2 is 2.05 bits per heavy atom. The van der Waals surface area contributed by atoms with Gasteiger partial charge in [-0.2, -0.15) is 11.8 Å². The summed E-state index contributed by atoms with van der Waals surface area (Å²) in [5, 5.41) is 7.72. The molecule has 0 bridgehead atoms. The van der Waals surface area contributed by atoms with Crippen molar-refractivity contribution in [2.75, 3.05) is 18.1 Å². The van der Waals surface area contributed by atoms with Crippen molar-refractivity contribution in [3.8, 4) is 0 Å². The van der Waals surface area contributed by atoms with Crippen LogP contribution in [0, 0.1) is 0 Å². The second kappa shape index (κ2) is 8.28. The van der Waals surface area contributed by atoms with E-state index in [2.05, 4.69) is 16.9 Å². The predicted molar refractivity (Wildman–Crippen MR) is 92.7 cm³/mol. The Balaban J connectivity index is 1.82. The lowest BCUT2D eigenvalue weighted by Gasteiger charge is -2.28. The minimum atomic E-state index is -0.115. The number of halogens is 2. The maximum atomic E-state index is 12.0. The van der Waals surface area contributed by atoms with Crippen LogP contribution in [-0.4, -0.2) is 30.0 Å². The standard InChI is InChI=1S/C15H20Cl2N2OS/c1-21-11-5-2-4-10(8-11)18-9-14(20)19-15-12(16)6-3-7-13(15)17/h3,6-7,10-11,18H,2,4-5,8-9H2,1H3,(H,19,20). The summed E-state index contributed by atoms with van der Waals surface area (Å²) in [4.78, 5) is 12.0. The first kappa shape index (κ1) is 16.9. The summed E-state index contributed by atoms with van der Waals surface area (Å²) in [6, 6.07) is 5.59. The quantitative estimate of drug-likeness (QED) is 0.839. The number of para-hydroxylation sites is 1. The third kappa shape index (κ3) is 5.06. The summed E-state index contributed by atoms with van der Waals surface area (Å²) >= 11 is 14.0. The number of carbonyl (C=O) groups is 1. The van der Waals surface area contributed by atoms with Crippen LogP contribution in [0.3, 0.4) is 0 Å². The first-order chi connectivity index (χ1) is 10.1. The van der Waals surface area contributed by atoms with Crippen LogP contribution < -0.4 is 10.6 Å². The van der Waals surface area contributed by atoms with Crippen molar-refractivity contribution in [1.82, 2.24) is 5.32 Å². The molecule has 1 saturated carbocycles. The lowest BCUT2D eigenvalue weighted by molar-refractivity contribution is -0.115. The van der Waals surface area contributed by atoms with Gasteiger partial charge in [-0.15, -0.1) is 0 Å². The number of amides is 1. The second-order valence-corrected chi connectivity index (χ2v) is 7.20. The fourth-order valence-corrected chi connectivity index (χ4v) is 3.90. The Morgan fingerprint density at radius 1 is 1.33 bits per heavy atom. The zero-order chi connectivity index (χ0) is 15.2. The Labute approximate surface area is 140 Å².